The Morgan fingerprint density at radius 1 is 1.29 bits per heavy atom. The van der Waals surface area contributed by atoms with E-state index in [0.29, 0.717) is 19.4 Å². The lowest BCUT2D eigenvalue weighted by Gasteiger charge is -2.27. The molecule has 0 unspecified atom stereocenters. The van der Waals surface area contributed by atoms with Crippen molar-refractivity contribution in [2.45, 2.75) is 37.8 Å². The first-order valence-electron chi connectivity index (χ1n) is 6.14. The van der Waals surface area contributed by atoms with Gasteiger partial charge in [0.2, 0.25) is 0 Å². The summed E-state index contributed by atoms with van der Waals surface area (Å²) in [5.41, 5.74) is -0.0197. The van der Waals surface area contributed by atoms with Crippen molar-refractivity contribution in [1.82, 2.24) is 4.90 Å². The van der Waals surface area contributed by atoms with Crippen LogP contribution in [0.25, 0.3) is 0 Å². The fourth-order valence-corrected chi connectivity index (χ4v) is 2.46. The molecule has 1 saturated carbocycles. The molecule has 3 heteroatoms. The number of carbonyl (C=O) groups excluding carboxylic acids is 1. The summed E-state index contributed by atoms with van der Waals surface area (Å²) in [6, 6.07) is 9.84. The number of carbonyl (C=O) groups is 1. The maximum absolute atomic E-state index is 12.1. The first kappa shape index (κ1) is 12.1. The zero-order valence-electron chi connectivity index (χ0n) is 10.2. The highest BCUT2D eigenvalue weighted by Gasteiger charge is 2.40. The van der Waals surface area contributed by atoms with E-state index in [1.165, 1.54) is 0 Å². The van der Waals surface area contributed by atoms with E-state index in [2.05, 4.69) is 0 Å². The summed E-state index contributed by atoms with van der Waals surface area (Å²) in [7, 11) is 1.76. The van der Waals surface area contributed by atoms with Crippen molar-refractivity contribution < 1.29 is 9.90 Å². The van der Waals surface area contributed by atoms with Gasteiger partial charge in [-0.3, -0.25) is 4.79 Å². The quantitative estimate of drug-likeness (QED) is 0.867. The Hall–Kier alpha value is -1.35. The van der Waals surface area contributed by atoms with Gasteiger partial charge in [0, 0.05) is 13.6 Å². The van der Waals surface area contributed by atoms with Gasteiger partial charge in [0.05, 0.1) is 0 Å². The summed E-state index contributed by atoms with van der Waals surface area (Å²) in [6.45, 7) is 0.558. The zero-order chi connectivity index (χ0) is 12.3. The van der Waals surface area contributed by atoms with Gasteiger partial charge in [-0.2, -0.15) is 0 Å². The molecule has 17 heavy (non-hydrogen) atoms. The summed E-state index contributed by atoms with van der Waals surface area (Å²) in [5.74, 6) is -0.140. The lowest BCUT2D eigenvalue weighted by Crippen LogP contribution is -2.45. The van der Waals surface area contributed by atoms with Crippen LogP contribution in [0, 0.1) is 0 Å². The standard InChI is InChI=1S/C14H19NO2/c1-15(11-12-7-3-2-4-8-12)13(16)14(17)9-5-6-10-14/h2-4,7-8,17H,5-6,9-11H2,1H3. The molecular formula is C14H19NO2. The van der Waals surface area contributed by atoms with Crippen LogP contribution in [0.15, 0.2) is 30.3 Å². The normalized spacial score (nSPS) is 18.0. The summed E-state index contributed by atoms with van der Waals surface area (Å²) in [6.07, 6.45) is 3.10. The molecule has 0 aliphatic heterocycles. The summed E-state index contributed by atoms with van der Waals surface area (Å²) in [4.78, 5) is 13.8. The van der Waals surface area contributed by atoms with Crippen molar-refractivity contribution in [3.8, 4) is 0 Å². The number of rotatable bonds is 3. The Labute approximate surface area is 102 Å². The molecule has 0 atom stereocenters. The van der Waals surface area contributed by atoms with Crippen molar-refractivity contribution in [2.24, 2.45) is 0 Å². The zero-order valence-corrected chi connectivity index (χ0v) is 10.2. The molecule has 1 aliphatic carbocycles. The molecule has 1 N–H and O–H groups in total. The van der Waals surface area contributed by atoms with Gasteiger partial charge in [0.15, 0.2) is 0 Å². The lowest BCUT2D eigenvalue weighted by atomic mass is 10.0. The van der Waals surface area contributed by atoms with Crippen LogP contribution in [0.2, 0.25) is 0 Å². The highest BCUT2D eigenvalue weighted by atomic mass is 16.3. The topological polar surface area (TPSA) is 40.5 Å². The predicted molar refractivity (Wildman–Crippen MR) is 66.3 cm³/mol. The van der Waals surface area contributed by atoms with E-state index in [1.54, 1.807) is 11.9 Å². The number of benzene rings is 1. The Morgan fingerprint density at radius 3 is 2.47 bits per heavy atom. The predicted octanol–water partition coefficient (Wildman–Crippen LogP) is 1.95. The van der Waals surface area contributed by atoms with E-state index in [1.807, 2.05) is 30.3 Å². The monoisotopic (exact) mass is 233 g/mol. The molecule has 1 aromatic carbocycles. The second-order valence-corrected chi connectivity index (χ2v) is 4.89. The van der Waals surface area contributed by atoms with Gasteiger partial charge < -0.3 is 10.0 Å². The Kier molecular flexibility index (Phi) is 3.48. The van der Waals surface area contributed by atoms with Crippen LogP contribution in [0.1, 0.15) is 31.2 Å². The van der Waals surface area contributed by atoms with Crippen molar-refractivity contribution in [3.05, 3.63) is 35.9 Å². The third-order valence-electron chi connectivity index (χ3n) is 3.44. The van der Waals surface area contributed by atoms with Crippen molar-refractivity contribution in [3.63, 3.8) is 0 Å². The molecule has 0 radical (unpaired) electrons. The van der Waals surface area contributed by atoms with E-state index in [0.717, 1.165) is 18.4 Å². The smallest absolute Gasteiger partial charge is 0.254 e. The average Bonchev–Trinajstić information content (AvgIpc) is 2.78. The lowest BCUT2D eigenvalue weighted by molar-refractivity contribution is -0.149. The average molecular weight is 233 g/mol. The third-order valence-corrected chi connectivity index (χ3v) is 3.44. The summed E-state index contributed by atoms with van der Waals surface area (Å²) in [5, 5.41) is 10.2. The Morgan fingerprint density at radius 2 is 1.88 bits per heavy atom. The molecule has 0 spiro atoms. The first-order chi connectivity index (χ1) is 8.12. The van der Waals surface area contributed by atoms with Gasteiger partial charge in [-0.1, -0.05) is 30.3 Å². The molecule has 1 aromatic rings. The van der Waals surface area contributed by atoms with E-state index < -0.39 is 5.60 Å². The van der Waals surface area contributed by atoms with Crippen molar-refractivity contribution >= 4 is 5.91 Å². The van der Waals surface area contributed by atoms with Crippen molar-refractivity contribution in [1.29, 1.82) is 0 Å². The second-order valence-electron chi connectivity index (χ2n) is 4.89. The van der Waals surface area contributed by atoms with Gasteiger partial charge in [-0.05, 0) is 31.2 Å². The SMILES string of the molecule is CN(Cc1ccccc1)C(=O)C1(O)CCCC1. The highest BCUT2D eigenvalue weighted by molar-refractivity contribution is 5.85. The molecule has 3 nitrogen and oxygen atoms in total. The van der Waals surface area contributed by atoms with E-state index in [9.17, 15) is 9.90 Å². The minimum absolute atomic E-state index is 0.140. The molecule has 2 rings (SSSR count). The number of amides is 1. The molecule has 0 bridgehead atoms. The van der Waals surface area contributed by atoms with Crippen LogP contribution in [-0.4, -0.2) is 28.6 Å². The Balaban J connectivity index is 2.00. The molecule has 1 fully saturated rings. The van der Waals surface area contributed by atoms with Gasteiger partial charge >= 0.3 is 0 Å². The third kappa shape index (κ3) is 2.67. The first-order valence-corrected chi connectivity index (χ1v) is 6.14. The van der Waals surface area contributed by atoms with Crippen LogP contribution in [0.3, 0.4) is 0 Å². The summed E-state index contributed by atoms with van der Waals surface area (Å²) >= 11 is 0. The van der Waals surface area contributed by atoms with Crippen LogP contribution >= 0.6 is 0 Å². The van der Waals surface area contributed by atoms with Gasteiger partial charge in [0.25, 0.3) is 5.91 Å². The van der Waals surface area contributed by atoms with Crippen LogP contribution in [0.5, 0.6) is 0 Å². The van der Waals surface area contributed by atoms with Crippen LogP contribution in [-0.2, 0) is 11.3 Å². The number of aliphatic hydroxyl groups is 1. The molecule has 0 heterocycles. The number of hydrogen-bond acceptors (Lipinski definition) is 2. The maximum atomic E-state index is 12.1. The molecule has 1 aliphatic rings. The largest absolute Gasteiger partial charge is 0.380 e. The number of likely N-dealkylation sites (N-methyl/N-ethyl adjacent to an activating group) is 1. The molecule has 92 valence electrons. The molecular weight excluding hydrogens is 214 g/mol. The van der Waals surface area contributed by atoms with Gasteiger partial charge in [-0.15, -0.1) is 0 Å². The van der Waals surface area contributed by atoms with Gasteiger partial charge in [0.1, 0.15) is 5.60 Å². The van der Waals surface area contributed by atoms with Crippen molar-refractivity contribution in [2.75, 3.05) is 7.05 Å². The number of hydrogen-bond donors (Lipinski definition) is 1. The maximum Gasteiger partial charge on any atom is 0.254 e. The Bertz CT molecular complexity index is 382. The molecule has 0 aromatic heterocycles. The van der Waals surface area contributed by atoms with Crippen LogP contribution < -0.4 is 0 Å². The molecule has 1 amide bonds. The minimum Gasteiger partial charge on any atom is -0.380 e. The summed E-state index contributed by atoms with van der Waals surface area (Å²) < 4.78 is 0. The fourth-order valence-electron chi connectivity index (χ4n) is 2.46. The van der Waals surface area contributed by atoms with Crippen LogP contribution in [0.4, 0.5) is 0 Å². The van der Waals surface area contributed by atoms with E-state index >= 15 is 0 Å². The van der Waals surface area contributed by atoms with Gasteiger partial charge in [-0.25, -0.2) is 0 Å². The molecule has 0 saturated heterocycles. The highest BCUT2D eigenvalue weighted by Crippen LogP contribution is 2.31. The van der Waals surface area contributed by atoms with E-state index in [4.69, 9.17) is 0 Å². The second kappa shape index (κ2) is 4.88. The fraction of sp³-hybridized carbons (Fsp3) is 0.500. The van der Waals surface area contributed by atoms with E-state index in [-0.39, 0.29) is 5.91 Å². The minimum atomic E-state index is -1.11. The number of nitrogens with zero attached hydrogens (tertiary/aromatic N) is 1.